The monoisotopic (exact) mass is 267 g/mol. The number of rotatable bonds is 5. The first-order chi connectivity index (χ1) is 8.87. The van der Waals surface area contributed by atoms with Crippen molar-refractivity contribution in [2.75, 3.05) is 39.3 Å². The molecule has 19 heavy (non-hydrogen) atoms. The SMILES string of the molecule is C=CCN1CCN(C(=O)C(CN)CC(C)(C)C)CC1. The molecule has 0 bridgehead atoms. The normalized spacial score (nSPS) is 19.3. The average molecular weight is 267 g/mol. The van der Waals surface area contributed by atoms with E-state index in [-0.39, 0.29) is 17.2 Å². The summed E-state index contributed by atoms with van der Waals surface area (Å²) in [4.78, 5) is 16.8. The molecule has 1 fully saturated rings. The zero-order valence-electron chi connectivity index (χ0n) is 12.7. The molecule has 1 unspecified atom stereocenters. The Morgan fingerprint density at radius 3 is 2.32 bits per heavy atom. The lowest BCUT2D eigenvalue weighted by atomic mass is 9.84. The topological polar surface area (TPSA) is 49.6 Å². The maximum absolute atomic E-state index is 12.5. The van der Waals surface area contributed by atoms with Gasteiger partial charge in [-0.05, 0) is 11.8 Å². The molecule has 2 N–H and O–H groups in total. The van der Waals surface area contributed by atoms with Gasteiger partial charge in [-0.15, -0.1) is 6.58 Å². The van der Waals surface area contributed by atoms with Gasteiger partial charge < -0.3 is 10.6 Å². The van der Waals surface area contributed by atoms with Gasteiger partial charge in [0.2, 0.25) is 5.91 Å². The van der Waals surface area contributed by atoms with E-state index in [1.54, 1.807) is 0 Å². The van der Waals surface area contributed by atoms with E-state index in [1.165, 1.54) is 0 Å². The summed E-state index contributed by atoms with van der Waals surface area (Å²) in [6, 6.07) is 0. The minimum atomic E-state index is -0.0362. The number of hydrogen-bond donors (Lipinski definition) is 1. The molecule has 0 saturated carbocycles. The van der Waals surface area contributed by atoms with E-state index in [0.29, 0.717) is 6.54 Å². The quantitative estimate of drug-likeness (QED) is 0.765. The molecule has 110 valence electrons. The van der Waals surface area contributed by atoms with Crippen LogP contribution in [0.3, 0.4) is 0 Å². The van der Waals surface area contributed by atoms with Crippen LogP contribution in [-0.4, -0.2) is 55.0 Å². The summed E-state index contributed by atoms with van der Waals surface area (Å²) in [5.41, 5.74) is 5.93. The van der Waals surface area contributed by atoms with E-state index in [1.807, 2.05) is 11.0 Å². The van der Waals surface area contributed by atoms with Crippen LogP contribution in [0.15, 0.2) is 12.7 Å². The van der Waals surface area contributed by atoms with Crippen molar-refractivity contribution in [3.63, 3.8) is 0 Å². The van der Waals surface area contributed by atoms with Gasteiger partial charge in [-0.25, -0.2) is 0 Å². The molecular weight excluding hydrogens is 238 g/mol. The fourth-order valence-corrected chi connectivity index (χ4v) is 2.60. The van der Waals surface area contributed by atoms with Gasteiger partial charge in [0.1, 0.15) is 0 Å². The van der Waals surface area contributed by atoms with Crippen LogP contribution in [0.1, 0.15) is 27.2 Å². The van der Waals surface area contributed by atoms with Crippen LogP contribution in [0, 0.1) is 11.3 Å². The Morgan fingerprint density at radius 1 is 1.32 bits per heavy atom. The van der Waals surface area contributed by atoms with Crippen LogP contribution in [0.25, 0.3) is 0 Å². The van der Waals surface area contributed by atoms with E-state index < -0.39 is 0 Å². The highest BCUT2D eigenvalue weighted by atomic mass is 16.2. The van der Waals surface area contributed by atoms with Crippen molar-refractivity contribution in [2.45, 2.75) is 27.2 Å². The molecule has 0 aromatic rings. The zero-order chi connectivity index (χ0) is 14.5. The average Bonchev–Trinajstić information content (AvgIpc) is 2.35. The van der Waals surface area contributed by atoms with Crippen LogP contribution < -0.4 is 5.73 Å². The van der Waals surface area contributed by atoms with E-state index in [4.69, 9.17) is 5.73 Å². The molecule has 0 aliphatic carbocycles. The summed E-state index contributed by atoms with van der Waals surface area (Å²) in [5.74, 6) is 0.196. The lowest BCUT2D eigenvalue weighted by Crippen LogP contribution is -2.51. The van der Waals surface area contributed by atoms with Crippen molar-refractivity contribution in [2.24, 2.45) is 17.1 Å². The lowest BCUT2D eigenvalue weighted by Gasteiger charge is -2.36. The molecule has 1 aliphatic heterocycles. The number of amides is 1. The van der Waals surface area contributed by atoms with E-state index in [9.17, 15) is 4.79 Å². The number of nitrogens with two attached hydrogens (primary N) is 1. The largest absolute Gasteiger partial charge is 0.340 e. The van der Waals surface area contributed by atoms with E-state index in [2.05, 4.69) is 32.3 Å². The Kier molecular flexibility index (Phi) is 6.01. The molecule has 0 aromatic heterocycles. The Balaban J connectivity index is 2.51. The van der Waals surface area contributed by atoms with Gasteiger partial charge in [0.15, 0.2) is 0 Å². The molecule has 0 aromatic carbocycles. The van der Waals surface area contributed by atoms with Gasteiger partial charge in [0, 0.05) is 39.3 Å². The molecule has 1 amide bonds. The van der Waals surface area contributed by atoms with Crippen molar-refractivity contribution < 1.29 is 4.79 Å². The highest BCUT2D eigenvalue weighted by molar-refractivity contribution is 5.79. The molecule has 0 spiro atoms. The van der Waals surface area contributed by atoms with Gasteiger partial charge in [-0.1, -0.05) is 26.8 Å². The molecule has 1 heterocycles. The Bertz CT molecular complexity index is 301. The van der Waals surface area contributed by atoms with Gasteiger partial charge in [0.25, 0.3) is 0 Å². The van der Waals surface area contributed by atoms with E-state index >= 15 is 0 Å². The maximum atomic E-state index is 12.5. The van der Waals surface area contributed by atoms with Crippen LogP contribution in [0.4, 0.5) is 0 Å². The molecule has 0 radical (unpaired) electrons. The predicted molar refractivity (Wildman–Crippen MR) is 79.8 cm³/mol. The molecule has 1 rings (SSSR count). The van der Waals surface area contributed by atoms with Crippen LogP contribution in [0.2, 0.25) is 0 Å². The van der Waals surface area contributed by atoms with E-state index in [0.717, 1.165) is 39.1 Å². The first kappa shape index (κ1) is 16.2. The third-order valence-electron chi connectivity index (χ3n) is 3.56. The second-order valence-corrected chi connectivity index (χ2v) is 6.61. The van der Waals surface area contributed by atoms with Crippen LogP contribution in [0.5, 0.6) is 0 Å². The fourth-order valence-electron chi connectivity index (χ4n) is 2.60. The first-order valence-electron chi connectivity index (χ1n) is 7.19. The van der Waals surface area contributed by atoms with Crippen LogP contribution >= 0.6 is 0 Å². The standard InChI is InChI=1S/C15H29N3O/c1-5-6-17-7-9-18(10-8-17)14(19)13(12-16)11-15(2,3)4/h5,13H,1,6-12,16H2,2-4H3. The smallest absolute Gasteiger partial charge is 0.227 e. The third-order valence-corrected chi connectivity index (χ3v) is 3.56. The van der Waals surface area contributed by atoms with Crippen LogP contribution in [-0.2, 0) is 4.79 Å². The van der Waals surface area contributed by atoms with Crippen molar-refractivity contribution in [1.29, 1.82) is 0 Å². The number of piperazine rings is 1. The number of carbonyl (C=O) groups excluding carboxylic acids is 1. The van der Waals surface area contributed by atoms with Crippen molar-refractivity contribution in [3.05, 3.63) is 12.7 Å². The van der Waals surface area contributed by atoms with Gasteiger partial charge in [0.05, 0.1) is 5.92 Å². The minimum Gasteiger partial charge on any atom is -0.340 e. The molecule has 4 heteroatoms. The third kappa shape index (κ3) is 5.33. The van der Waals surface area contributed by atoms with Gasteiger partial charge >= 0.3 is 0 Å². The van der Waals surface area contributed by atoms with Gasteiger partial charge in [-0.2, -0.15) is 0 Å². The predicted octanol–water partition coefficient (Wildman–Crippen LogP) is 1.33. The summed E-state index contributed by atoms with van der Waals surface area (Å²) in [6.45, 7) is 15.1. The second kappa shape index (κ2) is 7.06. The first-order valence-corrected chi connectivity index (χ1v) is 7.19. The molecule has 4 nitrogen and oxygen atoms in total. The summed E-state index contributed by atoms with van der Waals surface area (Å²) in [5, 5.41) is 0. The number of carbonyl (C=O) groups is 1. The fraction of sp³-hybridized carbons (Fsp3) is 0.800. The second-order valence-electron chi connectivity index (χ2n) is 6.61. The number of nitrogens with zero attached hydrogens (tertiary/aromatic N) is 2. The Morgan fingerprint density at radius 2 is 1.89 bits per heavy atom. The minimum absolute atomic E-state index is 0.0362. The zero-order valence-corrected chi connectivity index (χ0v) is 12.7. The molecule has 1 atom stereocenters. The van der Waals surface area contributed by atoms with Crippen molar-refractivity contribution in [1.82, 2.24) is 9.80 Å². The summed E-state index contributed by atoms with van der Waals surface area (Å²) >= 11 is 0. The summed E-state index contributed by atoms with van der Waals surface area (Å²) < 4.78 is 0. The van der Waals surface area contributed by atoms with Crippen molar-refractivity contribution in [3.8, 4) is 0 Å². The highest BCUT2D eigenvalue weighted by Gasteiger charge is 2.29. The maximum Gasteiger partial charge on any atom is 0.227 e. The Hall–Kier alpha value is -0.870. The highest BCUT2D eigenvalue weighted by Crippen LogP contribution is 2.25. The molecule has 1 saturated heterocycles. The lowest BCUT2D eigenvalue weighted by molar-refractivity contribution is -0.137. The molecule has 1 aliphatic rings. The van der Waals surface area contributed by atoms with Gasteiger partial charge in [-0.3, -0.25) is 9.69 Å². The Labute approximate surface area is 117 Å². The number of hydrogen-bond acceptors (Lipinski definition) is 3. The summed E-state index contributed by atoms with van der Waals surface area (Å²) in [7, 11) is 0. The molecular formula is C15H29N3O. The summed E-state index contributed by atoms with van der Waals surface area (Å²) in [6.07, 6.45) is 2.77. The van der Waals surface area contributed by atoms with Crippen molar-refractivity contribution >= 4 is 5.91 Å².